The van der Waals surface area contributed by atoms with E-state index in [1.54, 1.807) is 0 Å². The Hall–Kier alpha value is -1.00. The third-order valence-electron chi connectivity index (χ3n) is 3.52. The molecule has 2 N–H and O–H groups in total. The Kier molecular flexibility index (Phi) is 3.74. The van der Waals surface area contributed by atoms with Crippen LogP contribution < -0.4 is 5.73 Å². The summed E-state index contributed by atoms with van der Waals surface area (Å²) in [5.41, 5.74) is 6.49. The van der Waals surface area contributed by atoms with Crippen LogP contribution in [-0.2, 0) is 6.42 Å². The van der Waals surface area contributed by atoms with Crippen LogP contribution in [0.25, 0.3) is 0 Å². The second-order valence-corrected chi connectivity index (χ2v) is 4.86. The van der Waals surface area contributed by atoms with Gasteiger partial charge in [-0.3, -0.25) is 0 Å². The molecule has 1 aliphatic heterocycles. The van der Waals surface area contributed by atoms with Crippen molar-refractivity contribution in [3.05, 3.63) is 35.4 Å². The largest absolute Gasteiger partial charge is 0.328 e. The molecule has 0 spiro atoms. The van der Waals surface area contributed by atoms with Gasteiger partial charge in [0.05, 0.1) is 0 Å². The van der Waals surface area contributed by atoms with Crippen molar-refractivity contribution in [2.45, 2.75) is 31.3 Å². The van der Waals surface area contributed by atoms with Crippen LogP contribution in [0.3, 0.4) is 0 Å². The highest BCUT2D eigenvalue weighted by molar-refractivity contribution is 5.19. The summed E-state index contributed by atoms with van der Waals surface area (Å²) in [6, 6.07) is 4.22. The molecule has 17 heavy (non-hydrogen) atoms. The van der Waals surface area contributed by atoms with Crippen molar-refractivity contribution in [3.8, 4) is 0 Å². The minimum atomic E-state index is -0.528. The Bertz CT molecular complexity index is 395. The van der Waals surface area contributed by atoms with E-state index in [0.29, 0.717) is 12.0 Å². The molecule has 0 bridgehead atoms. The van der Waals surface area contributed by atoms with Crippen molar-refractivity contribution < 1.29 is 8.78 Å². The lowest BCUT2D eigenvalue weighted by molar-refractivity contribution is 0.168. The van der Waals surface area contributed by atoms with E-state index in [9.17, 15) is 8.78 Å². The topological polar surface area (TPSA) is 29.3 Å². The van der Waals surface area contributed by atoms with E-state index in [2.05, 4.69) is 4.90 Å². The number of hydrogen-bond acceptors (Lipinski definition) is 2. The van der Waals surface area contributed by atoms with Gasteiger partial charge in [-0.1, -0.05) is 6.07 Å². The number of halogens is 2. The Balaban J connectivity index is 2.08. The standard InChI is InChI=1S/C13H18F2N2/c1-17-5-4-11(16)8-12(17)6-9-2-3-10(14)7-13(9)15/h2-3,7,11-12H,4-6,8,16H2,1H3. The summed E-state index contributed by atoms with van der Waals surface area (Å²) in [7, 11) is 2.03. The minimum Gasteiger partial charge on any atom is -0.328 e. The molecule has 2 rings (SSSR count). The zero-order chi connectivity index (χ0) is 12.4. The fraction of sp³-hybridized carbons (Fsp3) is 0.538. The van der Waals surface area contributed by atoms with Crippen LogP contribution in [0.1, 0.15) is 18.4 Å². The van der Waals surface area contributed by atoms with Crippen molar-refractivity contribution in [3.63, 3.8) is 0 Å². The number of piperidine rings is 1. The van der Waals surface area contributed by atoms with E-state index >= 15 is 0 Å². The fourth-order valence-electron chi connectivity index (χ4n) is 2.38. The van der Waals surface area contributed by atoms with Gasteiger partial charge in [0.15, 0.2) is 0 Å². The molecule has 0 radical (unpaired) electrons. The molecule has 2 atom stereocenters. The summed E-state index contributed by atoms with van der Waals surface area (Å²) in [4.78, 5) is 2.20. The quantitative estimate of drug-likeness (QED) is 0.856. The van der Waals surface area contributed by atoms with Crippen LogP contribution in [0.2, 0.25) is 0 Å². The van der Waals surface area contributed by atoms with Gasteiger partial charge in [0.2, 0.25) is 0 Å². The maximum absolute atomic E-state index is 13.5. The SMILES string of the molecule is CN1CCC(N)CC1Cc1ccc(F)cc1F. The van der Waals surface area contributed by atoms with Crippen LogP contribution in [0, 0.1) is 11.6 Å². The van der Waals surface area contributed by atoms with Crippen molar-refractivity contribution in [1.29, 1.82) is 0 Å². The van der Waals surface area contributed by atoms with Gasteiger partial charge in [-0.2, -0.15) is 0 Å². The molecular weight excluding hydrogens is 222 g/mol. The molecule has 1 saturated heterocycles. The Labute approximate surface area is 100 Å². The van der Waals surface area contributed by atoms with Crippen molar-refractivity contribution in [1.82, 2.24) is 4.90 Å². The Morgan fingerprint density at radius 3 is 2.88 bits per heavy atom. The first-order valence-corrected chi connectivity index (χ1v) is 5.96. The number of rotatable bonds is 2. The highest BCUT2D eigenvalue weighted by Crippen LogP contribution is 2.20. The summed E-state index contributed by atoms with van der Waals surface area (Å²) in [6.07, 6.45) is 2.45. The van der Waals surface area contributed by atoms with Gasteiger partial charge in [-0.15, -0.1) is 0 Å². The van der Waals surface area contributed by atoms with E-state index in [1.165, 1.54) is 12.1 Å². The molecule has 1 aromatic rings. The van der Waals surface area contributed by atoms with Gasteiger partial charge in [0.1, 0.15) is 11.6 Å². The molecule has 0 aliphatic carbocycles. The lowest BCUT2D eigenvalue weighted by Gasteiger charge is -2.35. The molecular formula is C13H18F2N2. The number of likely N-dealkylation sites (N-methyl/N-ethyl adjacent to an activating group) is 1. The van der Waals surface area contributed by atoms with Crippen LogP contribution in [0.4, 0.5) is 8.78 Å². The maximum Gasteiger partial charge on any atom is 0.129 e. The van der Waals surface area contributed by atoms with E-state index in [1.807, 2.05) is 7.05 Å². The number of nitrogens with zero attached hydrogens (tertiary/aromatic N) is 1. The summed E-state index contributed by atoms with van der Waals surface area (Å²) in [5, 5.41) is 0. The molecule has 94 valence electrons. The predicted octanol–water partition coefficient (Wildman–Crippen LogP) is 1.93. The lowest BCUT2D eigenvalue weighted by atomic mass is 9.93. The van der Waals surface area contributed by atoms with Crippen molar-refractivity contribution >= 4 is 0 Å². The number of benzene rings is 1. The second-order valence-electron chi connectivity index (χ2n) is 4.86. The lowest BCUT2D eigenvalue weighted by Crippen LogP contribution is -2.45. The molecule has 1 heterocycles. The van der Waals surface area contributed by atoms with Gasteiger partial charge >= 0.3 is 0 Å². The van der Waals surface area contributed by atoms with Crippen LogP contribution in [-0.4, -0.2) is 30.6 Å². The normalized spacial score (nSPS) is 26.1. The molecule has 0 saturated carbocycles. The first kappa shape index (κ1) is 12.5. The highest BCUT2D eigenvalue weighted by atomic mass is 19.1. The molecule has 1 fully saturated rings. The van der Waals surface area contributed by atoms with Crippen molar-refractivity contribution in [2.24, 2.45) is 5.73 Å². The zero-order valence-electron chi connectivity index (χ0n) is 10.00. The summed E-state index contributed by atoms with van der Waals surface area (Å²) in [5.74, 6) is -0.988. The van der Waals surface area contributed by atoms with Crippen LogP contribution in [0.5, 0.6) is 0 Å². The number of hydrogen-bond donors (Lipinski definition) is 1. The third-order valence-corrected chi connectivity index (χ3v) is 3.52. The fourth-order valence-corrected chi connectivity index (χ4v) is 2.38. The number of nitrogens with two attached hydrogens (primary N) is 1. The summed E-state index contributed by atoms with van der Waals surface area (Å²) < 4.78 is 26.3. The summed E-state index contributed by atoms with van der Waals surface area (Å²) >= 11 is 0. The smallest absolute Gasteiger partial charge is 0.129 e. The molecule has 4 heteroatoms. The molecule has 2 nitrogen and oxygen atoms in total. The molecule has 1 aromatic carbocycles. The average molecular weight is 240 g/mol. The van der Waals surface area contributed by atoms with Crippen LogP contribution in [0.15, 0.2) is 18.2 Å². The summed E-state index contributed by atoms with van der Waals surface area (Å²) in [6.45, 7) is 0.939. The van der Waals surface area contributed by atoms with E-state index < -0.39 is 11.6 Å². The molecule has 0 aromatic heterocycles. The third kappa shape index (κ3) is 3.01. The molecule has 0 amide bonds. The first-order valence-electron chi connectivity index (χ1n) is 5.96. The zero-order valence-corrected chi connectivity index (χ0v) is 10.00. The first-order chi connectivity index (χ1) is 8.06. The average Bonchev–Trinajstić information content (AvgIpc) is 2.27. The van der Waals surface area contributed by atoms with Gasteiger partial charge in [-0.25, -0.2) is 8.78 Å². The monoisotopic (exact) mass is 240 g/mol. The Morgan fingerprint density at radius 1 is 1.41 bits per heavy atom. The predicted molar refractivity (Wildman–Crippen MR) is 63.7 cm³/mol. The number of likely N-dealkylation sites (tertiary alicyclic amines) is 1. The van der Waals surface area contributed by atoms with E-state index in [4.69, 9.17) is 5.73 Å². The Morgan fingerprint density at radius 2 is 2.18 bits per heavy atom. The molecule has 1 aliphatic rings. The van der Waals surface area contributed by atoms with E-state index in [-0.39, 0.29) is 12.1 Å². The maximum atomic E-state index is 13.5. The van der Waals surface area contributed by atoms with Crippen LogP contribution >= 0.6 is 0 Å². The highest BCUT2D eigenvalue weighted by Gasteiger charge is 2.24. The van der Waals surface area contributed by atoms with Gasteiger partial charge in [0, 0.05) is 18.2 Å². The van der Waals surface area contributed by atoms with Gasteiger partial charge < -0.3 is 10.6 Å². The second kappa shape index (κ2) is 5.10. The van der Waals surface area contributed by atoms with E-state index in [0.717, 1.165) is 25.5 Å². The van der Waals surface area contributed by atoms with Gasteiger partial charge in [0.25, 0.3) is 0 Å². The van der Waals surface area contributed by atoms with Crippen molar-refractivity contribution in [2.75, 3.05) is 13.6 Å². The minimum absolute atomic E-state index is 0.194. The van der Waals surface area contributed by atoms with Gasteiger partial charge in [-0.05, 0) is 44.5 Å². The molecule has 2 unspecified atom stereocenters.